The van der Waals surface area contributed by atoms with Gasteiger partial charge in [0.1, 0.15) is 4.33 Å². The van der Waals surface area contributed by atoms with Crippen LogP contribution >= 0.6 is 23.2 Å². The van der Waals surface area contributed by atoms with Gasteiger partial charge in [0.2, 0.25) is 0 Å². The van der Waals surface area contributed by atoms with Crippen molar-refractivity contribution in [1.29, 1.82) is 0 Å². The van der Waals surface area contributed by atoms with Gasteiger partial charge in [-0.1, -0.05) is 0 Å². The van der Waals surface area contributed by atoms with Crippen molar-refractivity contribution in [3.05, 3.63) is 0 Å². The van der Waals surface area contributed by atoms with Crippen molar-refractivity contribution in [3.8, 4) is 0 Å². The van der Waals surface area contributed by atoms with E-state index in [-0.39, 0.29) is 6.29 Å². The average molecular weight is 226 g/mol. The molecule has 0 amide bonds. The van der Waals surface area contributed by atoms with Gasteiger partial charge in [-0.05, 0) is 6.42 Å². The van der Waals surface area contributed by atoms with E-state index in [0.717, 1.165) is 19.5 Å². The van der Waals surface area contributed by atoms with Crippen molar-refractivity contribution in [1.82, 2.24) is 5.32 Å². The Morgan fingerprint density at radius 3 is 2.38 bits per heavy atom. The second-order valence-corrected chi connectivity index (χ2v) is 5.03. The summed E-state index contributed by atoms with van der Waals surface area (Å²) in [5.41, 5.74) is 0. The molecule has 0 spiro atoms. The Morgan fingerprint density at radius 2 is 1.85 bits per heavy atom. The van der Waals surface area contributed by atoms with E-state index in [1.54, 1.807) is 0 Å². The number of ether oxygens (including phenoxy) is 2. The molecule has 1 unspecified atom stereocenters. The van der Waals surface area contributed by atoms with Gasteiger partial charge in [-0.15, -0.1) is 23.2 Å². The minimum atomic E-state index is -0.482. The summed E-state index contributed by atoms with van der Waals surface area (Å²) in [6.07, 6.45) is 0.800. The zero-order chi connectivity index (χ0) is 9.31. The zero-order valence-electron chi connectivity index (χ0n) is 7.26. The lowest BCUT2D eigenvalue weighted by molar-refractivity contribution is -0.0390. The van der Waals surface area contributed by atoms with Crippen LogP contribution in [0.2, 0.25) is 0 Å². The summed E-state index contributed by atoms with van der Waals surface area (Å²) in [5.74, 6) is 0.386. The van der Waals surface area contributed by atoms with Crippen LogP contribution in [0.15, 0.2) is 0 Å². The fourth-order valence-electron chi connectivity index (χ4n) is 1.39. The van der Waals surface area contributed by atoms with Crippen molar-refractivity contribution in [2.24, 2.45) is 5.92 Å². The topological polar surface area (TPSA) is 30.5 Å². The number of rotatable bonds is 4. The van der Waals surface area contributed by atoms with E-state index in [9.17, 15) is 0 Å². The standard InChI is InChI=1S/C8H13Cl2NO2/c9-8(10)3-6(8)4-11-5-7-12-1-2-13-7/h6-7,11H,1-5H2. The maximum atomic E-state index is 5.87. The molecule has 13 heavy (non-hydrogen) atoms. The van der Waals surface area contributed by atoms with Crippen molar-refractivity contribution >= 4 is 23.2 Å². The molecule has 0 aromatic carbocycles. The molecule has 2 fully saturated rings. The summed E-state index contributed by atoms with van der Waals surface area (Å²) >= 11 is 11.7. The molecule has 1 atom stereocenters. The molecule has 1 saturated carbocycles. The summed E-state index contributed by atoms with van der Waals surface area (Å²) in [5, 5.41) is 3.23. The van der Waals surface area contributed by atoms with E-state index >= 15 is 0 Å². The Morgan fingerprint density at radius 1 is 1.23 bits per heavy atom. The van der Waals surface area contributed by atoms with Crippen molar-refractivity contribution < 1.29 is 9.47 Å². The SMILES string of the molecule is ClC1(Cl)CC1CNCC1OCCO1. The van der Waals surface area contributed by atoms with E-state index in [1.165, 1.54) is 0 Å². The van der Waals surface area contributed by atoms with E-state index < -0.39 is 4.33 Å². The first-order chi connectivity index (χ1) is 6.18. The highest BCUT2D eigenvalue weighted by Crippen LogP contribution is 2.52. The van der Waals surface area contributed by atoms with Crippen LogP contribution in [0, 0.1) is 5.92 Å². The predicted molar refractivity (Wildman–Crippen MR) is 51.1 cm³/mol. The second-order valence-electron chi connectivity index (χ2n) is 3.49. The van der Waals surface area contributed by atoms with Crippen molar-refractivity contribution in [2.75, 3.05) is 26.3 Å². The van der Waals surface area contributed by atoms with Gasteiger partial charge in [-0.2, -0.15) is 0 Å². The first-order valence-electron chi connectivity index (χ1n) is 4.50. The molecule has 5 heteroatoms. The highest BCUT2D eigenvalue weighted by atomic mass is 35.5. The highest BCUT2D eigenvalue weighted by Gasteiger charge is 2.50. The number of nitrogens with one attached hydrogen (secondary N) is 1. The van der Waals surface area contributed by atoms with Gasteiger partial charge in [-0.3, -0.25) is 0 Å². The normalized spacial score (nSPS) is 32.3. The first-order valence-corrected chi connectivity index (χ1v) is 5.26. The van der Waals surface area contributed by atoms with Crippen LogP contribution in [0.4, 0.5) is 0 Å². The van der Waals surface area contributed by atoms with Gasteiger partial charge in [0.15, 0.2) is 6.29 Å². The summed E-state index contributed by atoms with van der Waals surface area (Å²) in [4.78, 5) is 0. The minimum Gasteiger partial charge on any atom is -0.349 e. The largest absolute Gasteiger partial charge is 0.349 e. The van der Waals surface area contributed by atoms with E-state index in [1.807, 2.05) is 0 Å². The Balaban J connectivity index is 1.54. The molecule has 0 bridgehead atoms. The fourth-order valence-corrected chi connectivity index (χ4v) is 1.92. The van der Waals surface area contributed by atoms with Crippen molar-refractivity contribution in [3.63, 3.8) is 0 Å². The number of hydrogen-bond donors (Lipinski definition) is 1. The number of hydrogen-bond acceptors (Lipinski definition) is 3. The number of alkyl halides is 2. The third kappa shape index (κ3) is 2.70. The molecule has 2 rings (SSSR count). The molecule has 1 saturated heterocycles. The van der Waals surface area contributed by atoms with Crippen LogP contribution < -0.4 is 5.32 Å². The van der Waals surface area contributed by atoms with Crippen LogP contribution in [0.25, 0.3) is 0 Å². The van der Waals surface area contributed by atoms with Crippen LogP contribution in [0.5, 0.6) is 0 Å². The lowest BCUT2D eigenvalue weighted by Gasteiger charge is -2.09. The summed E-state index contributed by atoms with van der Waals surface area (Å²) in [6, 6.07) is 0. The van der Waals surface area contributed by atoms with Gasteiger partial charge in [0.25, 0.3) is 0 Å². The zero-order valence-corrected chi connectivity index (χ0v) is 8.77. The average Bonchev–Trinajstić information content (AvgIpc) is 2.53. The van der Waals surface area contributed by atoms with Gasteiger partial charge in [0, 0.05) is 19.0 Å². The van der Waals surface area contributed by atoms with Gasteiger partial charge < -0.3 is 14.8 Å². The van der Waals surface area contributed by atoms with Gasteiger partial charge in [-0.25, -0.2) is 0 Å². The molecule has 0 aromatic heterocycles. The molecule has 0 radical (unpaired) electrons. The third-order valence-corrected chi connectivity index (χ3v) is 3.27. The maximum Gasteiger partial charge on any atom is 0.170 e. The Kier molecular flexibility index (Phi) is 3.01. The first kappa shape index (κ1) is 9.99. The highest BCUT2D eigenvalue weighted by molar-refractivity contribution is 6.50. The number of halogens is 2. The lowest BCUT2D eigenvalue weighted by atomic mass is 10.4. The summed E-state index contributed by atoms with van der Waals surface area (Å²) in [7, 11) is 0. The Labute approximate surface area is 87.7 Å². The molecular formula is C8H13Cl2NO2. The van der Waals surface area contributed by atoms with Crippen LogP contribution in [0.3, 0.4) is 0 Å². The Hall–Kier alpha value is 0.460. The molecule has 1 aliphatic carbocycles. The van der Waals surface area contributed by atoms with E-state index in [0.29, 0.717) is 19.1 Å². The summed E-state index contributed by atoms with van der Waals surface area (Å²) in [6.45, 7) is 2.96. The van der Waals surface area contributed by atoms with Gasteiger partial charge >= 0.3 is 0 Å². The smallest absolute Gasteiger partial charge is 0.170 e. The molecule has 1 N–H and O–H groups in total. The molecule has 76 valence electrons. The van der Waals surface area contributed by atoms with Gasteiger partial charge in [0.05, 0.1) is 13.2 Å². The van der Waals surface area contributed by atoms with E-state index in [4.69, 9.17) is 32.7 Å². The molecule has 1 aliphatic heterocycles. The molecule has 2 aliphatic rings. The molecule has 1 heterocycles. The van der Waals surface area contributed by atoms with Crippen LogP contribution in [0.1, 0.15) is 6.42 Å². The quantitative estimate of drug-likeness (QED) is 0.729. The second kappa shape index (κ2) is 3.91. The fraction of sp³-hybridized carbons (Fsp3) is 1.00. The Bertz CT molecular complexity index is 178. The minimum absolute atomic E-state index is 0.0844. The molecule has 0 aromatic rings. The lowest BCUT2D eigenvalue weighted by Crippen LogP contribution is -2.29. The predicted octanol–water partition coefficient (Wildman–Crippen LogP) is 1.14. The third-order valence-electron chi connectivity index (χ3n) is 2.35. The van der Waals surface area contributed by atoms with Crippen LogP contribution in [-0.4, -0.2) is 36.9 Å². The van der Waals surface area contributed by atoms with E-state index in [2.05, 4.69) is 5.32 Å². The molecular weight excluding hydrogens is 213 g/mol. The van der Waals surface area contributed by atoms with Crippen LogP contribution in [-0.2, 0) is 9.47 Å². The van der Waals surface area contributed by atoms with Crippen molar-refractivity contribution in [2.45, 2.75) is 17.0 Å². The maximum absolute atomic E-state index is 5.87. The summed E-state index contributed by atoms with van der Waals surface area (Å²) < 4.78 is 10.0. The molecule has 3 nitrogen and oxygen atoms in total. The monoisotopic (exact) mass is 225 g/mol.